The third-order valence-corrected chi connectivity index (χ3v) is 3.10. The van der Waals surface area contributed by atoms with Gasteiger partial charge in [-0.1, -0.05) is 29.8 Å². The minimum atomic E-state index is -0.558. The van der Waals surface area contributed by atoms with Crippen LogP contribution < -0.4 is 9.47 Å². The SMILES string of the molecule is CCOc1ccccc1Oc1ccc(C(C)O)cc1Cl. The summed E-state index contributed by atoms with van der Waals surface area (Å²) < 4.78 is 11.3. The minimum absolute atomic E-state index is 0.453. The van der Waals surface area contributed by atoms with Crippen LogP contribution in [0.2, 0.25) is 5.02 Å². The van der Waals surface area contributed by atoms with Crippen LogP contribution in [0.1, 0.15) is 25.5 Å². The van der Waals surface area contributed by atoms with Gasteiger partial charge >= 0.3 is 0 Å². The molecular weight excluding hydrogens is 276 g/mol. The van der Waals surface area contributed by atoms with Crippen molar-refractivity contribution in [3.63, 3.8) is 0 Å². The van der Waals surface area contributed by atoms with Crippen LogP contribution in [0.4, 0.5) is 0 Å². The first-order chi connectivity index (χ1) is 9.61. The standard InChI is InChI=1S/C16H17ClO3/c1-3-19-15-6-4-5-7-16(15)20-14-9-8-12(11(2)18)10-13(14)17/h4-11,18H,3H2,1-2H3. The first kappa shape index (κ1) is 14.7. The molecule has 2 aromatic rings. The lowest BCUT2D eigenvalue weighted by Crippen LogP contribution is -1.96. The third kappa shape index (κ3) is 3.44. The van der Waals surface area contributed by atoms with Gasteiger partial charge in [0.25, 0.3) is 0 Å². The Kier molecular flexibility index (Phi) is 4.88. The van der Waals surface area contributed by atoms with E-state index in [-0.39, 0.29) is 0 Å². The van der Waals surface area contributed by atoms with Gasteiger partial charge in [-0.15, -0.1) is 0 Å². The fourth-order valence-electron chi connectivity index (χ4n) is 1.79. The lowest BCUT2D eigenvalue weighted by atomic mass is 10.1. The van der Waals surface area contributed by atoms with Crippen LogP contribution in [0.5, 0.6) is 17.2 Å². The highest BCUT2D eigenvalue weighted by Crippen LogP contribution is 2.36. The van der Waals surface area contributed by atoms with E-state index in [1.54, 1.807) is 25.1 Å². The zero-order valence-corrected chi connectivity index (χ0v) is 12.2. The predicted molar refractivity (Wildman–Crippen MR) is 79.8 cm³/mol. The van der Waals surface area contributed by atoms with Crippen molar-refractivity contribution in [2.45, 2.75) is 20.0 Å². The summed E-state index contributed by atoms with van der Waals surface area (Å²) in [5.41, 5.74) is 0.750. The molecule has 20 heavy (non-hydrogen) atoms. The van der Waals surface area contributed by atoms with Crippen molar-refractivity contribution in [1.29, 1.82) is 0 Å². The van der Waals surface area contributed by atoms with E-state index in [0.29, 0.717) is 28.9 Å². The lowest BCUT2D eigenvalue weighted by molar-refractivity contribution is 0.199. The summed E-state index contributed by atoms with van der Waals surface area (Å²) in [4.78, 5) is 0. The summed E-state index contributed by atoms with van der Waals surface area (Å²) in [6.07, 6.45) is -0.558. The predicted octanol–water partition coefficient (Wildman–Crippen LogP) is 4.58. The van der Waals surface area contributed by atoms with Crippen LogP contribution in [0, 0.1) is 0 Å². The summed E-state index contributed by atoms with van der Waals surface area (Å²) in [5, 5.41) is 9.98. The largest absolute Gasteiger partial charge is 0.490 e. The fourth-order valence-corrected chi connectivity index (χ4v) is 2.01. The van der Waals surface area contributed by atoms with E-state index in [2.05, 4.69) is 0 Å². The Morgan fingerprint density at radius 2 is 1.80 bits per heavy atom. The molecule has 0 spiro atoms. The number of aliphatic hydroxyl groups is 1. The van der Waals surface area contributed by atoms with Crippen LogP contribution in [0.25, 0.3) is 0 Å². The number of hydrogen-bond donors (Lipinski definition) is 1. The van der Waals surface area contributed by atoms with Crippen molar-refractivity contribution >= 4 is 11.6 Å². The molecular formula is C16H17ClO3. The van der Waals surface area contributed by atoms with Gasteiger partial charge < -0.3 is 14.6 Å². The Morgan fingerprint density at radius 3 is 2.40 bits per heavy atom. The van der Waals surface area contributed by atoms with Gasteiger partial charge in [0, 0.05) is 0 Å². The van der Waals surface area contributed by atoms with Crippen molar-refractivity contribution in [2.24, 2.45) is 0 Å². The summed E-state index contributed by atoms with van der Waals surface area (Å²) in [7, 11) is 0. The quantitative estimate of drug-likeness (QED) is 0.876. The monoisotopic (exact) mass is 292 g/mol. The van der Waals surface area contributed by atoms with E-state index in [9.17, 15) is 5.11 Å². The maximum Gasteiger partial charge on any atom is 0.169 e. The number of benzene rings is 2. The van der Waals surface area contributed by atoms with Gasteiger partial charge in [0.2, 0.25) is 0 Å². The minimum Gasteiger partial charge on any atom is -0.490 e. The van der Waals surface area contributed by atoms with Crippen molar-refractivity contribution < 1.29 is 14.6 Å². The molecule has 0 bridgehead atoms. The molecule has 0 aliphatic rings. The van der Waals surface area contributed by atoms with Gasteiger partial charge in [-0.05, 0) is 43.7 Å². The Hall–Kier alpha value is -1.71. The summed E-state index contributed by atoms with van der Waals surface area (Å²) in [6, 6.07) is 12.7. The van der Waals surface area contributed by atoms with Crippen LogP contribution >= 0.6 is 11.6 Å². The van der Waals surface area contributed by atoms with E-state index in [4.69, 9.17) is 21.1 Å². The molecule has 0 aromatic heterocycles. The molecule has 2 aromatic carbocycles. The number of aliphatic hydroxyl groups excluding tert-OH is 1. The molecule has 1 unspecified atom stereocenters. The zero-order chi connectivity index (χ0) is 14.5. The van der Waals surface area contributed by atoms with E-state index in [1.165, 1.54) is 0 Å². The molecule has 0 aliphatic heterocycles. The Labute approximate surface area is 123 Å². The second-order valence-electron chi connectivity index (χ2n) is 4.35. The van der Waals surface area contributed by atoms with E-state index >= 15 is 0 Å². The van der Waals surface area contributed by atoms with Crippen LogP contribution in [-0.4, -0.2) is 11.7 Å². The van der Waals surface area contributed by atoms with E-state index < -0.39 is 6.10 Å². The lowest BCUT2D eigenvalue weighted by Gasteiger charge is -2.13. The second-order valence-corrected chi connectivity index (χ2v) is 4.75. The topological polar surface area (TPSA) is 38.7 Å². The second kappa shape index (κ2) is 6.64. The highest BCUT2D eigenvalue weighted by atomic mass is 35.5. The molecule has 0 radical (unpaired) electrons. The molecule has 1 atom stereocenters. The average Bonchev–Trinajstić information content (AvgIpc) is 2.43. The molecule has 0 aliphatic carbocycles. The molecule has 0 amide bonds. The molecule has 1 N–H and O–H groups in total. The summed E-state index contributed by atoms with van der Waals surface area (Å²) in [5.74, 6) is 1.81. The Morgan fingerprint density at radius 1 is 1.10 bits per heavy atom. The molecule has 106 valence electrons. The van der Waals surface area contributed by atoms with Gasteiger partial charge in [-0.3, -0.25) is 0 Å². The van der Waals surface area contributed by atoms with E-state index in [0.717, 1.165) is 5.56 Å². The number of rotatable bonds is 5. The average molecular weight is 293 g/mol. The zero-order valence-electron chi connectivity index (χ0n) is 11.5. The highest BCUT2D eigenvalue weighted by molar-refractivity contribution is 6.32. The van der Waals surface area contributed by atoms with Gasteiger partial charge in [-0.25, -0.2) is 0 Å². The number of ether oxygens (including phenoxy) is 2. The maximum atomic E-state index is 9.52. The normalized spacial score (nSPS) is 12.0. The van der Waals surface area contributed by atoms with Gasteiger partial charge in [0.1, 0.15) is 5.75 Å². The molecule has 0 heterocycles. The third-order valence-electron chi connectivity index (χ3n) is 2.81. The van der Waals surface area contributed by atoms with Crippen molar-refractivity contribution in [3.8, 4) is 17.2 Å². The fraction of sp³-hybridized carbons (Fsp3) is 0.250. The van der Waals surface area contributed by atoms with Crippen molar-refractivity contribution in [1.82, 2.24) is 0 Å². The van der Waals surface area contributed by atoms with Crippen molar-refractivity contribution in [3.05, 3.63) is 53.1 Å². The Balaban J connectivity index is 2.26. The molecule has 0 saturated heterocycles. The summed E-state index contributed by atoms with van der Waals surface area (Å²) in [6.45, 7) is 4.17. The highest BCUT2D eigenvalue weighted by Gasteiger charge is 2.10. The number of hydrogen-bond acceptors (Lipinski definition) is 3. The first-order valence-electron chi connectivity index (χ1n) is 6.49. The van der Waals surface area contributed by atoms with Gasteiger partial charge in [0.15, 0.2) is 11.5 Å². The number of para-hydroxylation sites is 2. The number of halogens is 1. The summed E-state index contributed by atoms with van der Waals surface area (Å²) >= 11 is 6.18. The van der Waals surface area contributed by atoms with E-state index in [1.807, 2.05) is 31.2 Å². The van der Waals surface area contributed by atoms with Crippen molar-refractivity contribution in [2.75, 3.05) is 6.61 Å². The smallest absolute Gasteiger partial charge is 0.169 e. The molecule has 2 rings (SSSR count). The first-order valence-corrected chi connectivity index (χ1v) is 6.86. The molecule has 0 fully saturated rings. The van der Waals surface area contributed by atoms with Crippen LogP contribution in [-0.2, 0) is 0 Å². The van der Waals surface area contributed by atoms with Gasteiger partial charge in [0.05, 0.1) is 17.7 Å². The van der Waals surface area contributed by atoms with Crippen LogP contribution in [0.3, 0.4) is 0 Å². The molecule has 0 saturated carbocycles. The van der Waals surface area contributed by atoms with Crippen LogP contribution in [0.15, 0.2) is 42.5 Å². The maximum absolute atomic E-state index is 9.52. The molecule has 3 nitrogen and oxygen atoms in total. The van der Waals surface area contributed by atoms with Gasteiger partial charge in [-0.2, -0.15) is 0 Å². The Bertz CT molecular complexity index is 582. The molecule has 4 heteroatoms.